The molecule has 2 aromatic carbocycles. The first-order chi connectivity index (χ1) is 14.8. The molecule has 0 bridgehead atoms. The molecule has 4 rings (SSSR count). The van der Waals surface area contributed by atoms with Crippen molar-refractivity contribution in [1.29, 1.82) is 0 Å². The number of benzene rings is 2. The van der Waals surface area contributed by atoms with Gasteiger partial charge in [0.25, 0.3) is 11.8 Å². The first-order valence-electron chi connectivity index (χ1n) is 9.72. The zero-order valence-corrected chi connectivity index (χ0v) is 17.8. The van der Waals surface area contributed by atoms with Crippen LogP contribution in [0.1, 0.15) is 22.4 Å². The molecule has 0 aliphatic carbocycles. The summed E-state index contributed by atoms with van der Waals surface area (Å²) in [6.45, 7) is 4.43. The normalized spacial score (nSPS) is 15.5. The molecule has 0 radical (unpaired) electrons. The fraction of sp³-hybridized carbons (Fsp3) is 0.125. The average molecular weight is 434 g/mol. The van der Waals surface area contributed by atoms with E-state index in [4.69, 9.17) is 11.6 Å². The van der Waals surface area contributed by atoms with Crippen LogP contribution in [0.3, 0.4) is 0 Å². The molecule has 1 saturated heterocycles. The molecular weight excluding hydrogens is 414 g/mol. The maximum atomic E-state index is 13.1. The minimum atomic E-state index is -0.804. The number of nitrogens with zero attached hydrogens (tertiary/aromatic N) is 2. The Hall–Kier alpha value is -3.64. The van der Waals surface area contributed by atoms with E-state index in [1.165, 1.54) is 12.1 Å². The molecule has 2 heterocycles. The van der Waals surface area contributed by atoms with Gasteiger partial charge in [0.2, 0.25) is 0 Å². The van der Waals surface area contributed by atoms with Crippen LogP contribution in [0.25, 0.3) is 6.08 Å². The highest BCUT2D eigenvalue weighted by Crippen LogP contribution is 2.26. The van der Waals surface area contributed by atoms with E-state index in [1.54, 1.807) is 12.1 Å². The lowest BCUT2D eigenvalue weighted by Gasteiger charge is -2.26. The number of halogens is 1. The molecule has 3 aromatic rings. The molecule has 1 fully saturated rings. The molecular formula is C24H20ClN3O3. The minimum absolute atomic E-state index is 0.125. The van der Waals surface area contributed by atoms with Crippen LogP contribution < -0.4 is 10.2 Å². The van der Waals surface area contributed by atoms with Gasteiger partial charge in [-0.15, -0.1) is 0 Å². The molecule has 0 spiro atoms. The first kappa shape index (κ1) is 20.6. The van der Waals surface area contributed by atoms with Gasteiger partial charge in [-0.2, -0.15) is 0 Å². The topological polar surface area (TPSA) is 71.4 Å². The van der Waals surface area contributed by atoms with Gasteiger partial charge in [0.1, 0.15) is 5.57 Å². The number of rotatable bonds is 4. The van der Waals surface area contributed by atoms with Gasteiger partial charge in [0.05, 0.1) is 5.69 Å². The van der Waals surface area contributed by atoms with Crippen molar-refractivity contribution in [1.82, 2.24) is 9.88 Å². The van der Waals surface area contributed by atoms with Crippen molar-refractivity contribution in [2.45, 2.75) is 20.4 Å². The third-order valence-corrected chi connectivity index (χ3v) is 5.51. The molecule has 1 aliphatic heterocycles. The SMILES string of the molecule is Cc1cccc(Cn2cccc2C=C2C(=O)NC(=O)N(c3ccc(C)c(Cl)c3)C2=O)c1. The van der Waals surface area contributed by atoms with E-state index in [0.29, 0.717) is 22.9 Å². The molecule has 156 valence electrons. The van der Waals surface area contributed by atoms with Gasteiger partial charge in [-0.05, 0) is 55.3 Å². The molecule has 31 heavy (non-hydrogen) atoms. The van der Waals surface area contributed by atoms with Crippen LogP contribution in [0.15, 0.2) is 66.4 Å². The highest BCUT2D eigenvalue weighted by atomic mass is 35.5. The Kier molecular flexibility index (Phi) is 5.48. The monoisotopic (exact) mass is 433 g/mol. The van der Waals surface area contributed by atoms with Crippen LogP contribution in [0, 0.1) is 13.8 Å². The van der Waals surface area contributed by atoms with Crippen LogP contribution in [0.5, 0.6) is 0 Å². The third kappa shape index (κ3) is 4.15. The molecule has 6 nitrogen and oxygen atoms in total. The molecule has 4 amide bonds. The van der Waals surface area contributed by atoms with Gasteiger partial charge in [-0.3, -0.25) is 14.9 Å². The van der Waals surface area contributed by atoms with Crippen LogP contribution in [-0.4, -0.2) is 22.4 Å². The fourth-order valence-electron chi connectivity index (χ4n) is 3.47. The second-order valence-electron chi connectivity index (χ2n) is 7.44. The summed E-state index contributed by atoms with van der Waals surface area (Å²) in [5.41, 5.74) is 3.91. The van der Waals surface area contributed by atoms with Crippen LogP contribution in [-0.2, 0) is 16.1 Å². The lowest BCUT2D eigenvalue weighted by atomic mass is 10.1. The molecule has 0 saturated carbocycles. The van der Waals surface area contributed by atoms with Crippen LogP contribution >= 0.6 is 11.6 Å². The van der Waals surface area contributed by atoms with Crippen LogP contribution in [0.2, 0.25) is 5.02 Å². The number of anilines is 1. The first-order valence-corrected chi connectivity index (χ1v) is 10.1. The number of aromatic nitrogens is 1. The summed E-state index contributed by atoms with van der Waals surface area (Å²) >= 11 is 6.16. The van der Waals surface area contributed by atoms with Gasteiger partial charge in [-0.1, -0.05) is 47.5 Å². The van der Waals surface area contributed by atoms with E-state index in [0.717, 1.165) is 21.6 Å². The quantitative estimate of drug-likeness (QED) is 0.487. The zero-order chi connectivity index (χ0) is 22.1. The number of carbonyl (C=O) groups is 3. The molecule has 1 aliphatic rings. The molecule has 1 aromatic heterocycles. The second kappa shape index (κ2) is 8.24. The summed E-state index contributed by atoms with van der Waals surface area (Å²) in [7, 11) is 0. The van der Waals surface area contributed by atoms with E-state index in [1.807, 2.05) is 54.9 Å². The van der Waals surface area contributed by atoms with Gasteiger partial charge < -0.3 is 4.57 Å². The highest BCUT2D eigenvalue weighted by Gasteiger charge is 2.37. The number of carbonyl (C=O) groups excluding carboxylic acids is 3. The smallest absolute Gasteiger partial charge is 0.335 e. The predicted molar refractivity (Wildman–Crippen MR) is 120 cm³/mol. The summed E-state index contributed by atoms with van der Waals surface area (Å²) in [5, 5.41) is 2.66. The van der Waals surface area contributed by atoms with Gasteiger partial charge in [0.15, 0.2) is 0 Å². The van der Waals surface area contributed by atoms with Crippen LogP contribution in [0.4, 0.5) is 10.5 Å². The largest absolute Gasteiger partial charge is 0.344 e. The Bertz CT molecular complexity index is 1240. The van der Waals surface area contributed by atoms with E-state index in [2.05, 4.69) is 11.4 Å². The number of hydrogen-bond donors (Lipinski definition) is 1. The van der Waals surface area contributed by atoms with Crippen molar-refractivity contribution in [2.24, 2.45) is 0 Å². The van der Waals surface area contributed by atoms with Crippen molar-refractivity contribution in [3.8, 4) is 0 Å². The standard InChI is InChI=1S/C24H20ClN3O3/c1-15-5-3-6-17(11-15)14-27-10-4-7-18(27)12-20-22(29)26-24(31)28(23(20)30)19-9-8-16(2)21(25)13-19/h3-13H,14H2,1-2H3,(H,26,29,31). The Morgan fingerprint density at radius 3 is 2.55 bits per heavy atom. The Balaban J connectivity index is 1.68. The third-order valence-electron chi connectivity index (χ3n) is 5.11. The number of amides is 4. The molecule has 7 heteroatoms. The van der Waals surface area contributed by atoms with Gasteiger partial charge >= 0.3 is 6.03 Å². The lowest BCUT2D eigenvalue weighted by molar-refractivity contribution is -0.122. The minimum Gasteiger partial charge on any atom is -0.344 e. The van der Waals surface area contributed by atoms with E-state index >= 15 is 0 Å². The number of barbiturate groups is 1. The van der Waals surface area contributed by atoms with E-state index in [9.17, 15) is 14.4 Å². The summed E-state index contributed by atoms with van der Waals surface area (Å²) in [6.07, 6.45) is 3.38. The number of hydrogen-bond acceptors (Lipinski definition) is 3. The maximum absolute atomic E-state index is 13.1. The molecule has 0 unspecified atom stereocenters. The summed E-state index contributed by atoms with van der Waals surface area (Å²) in [6, 6.07) is 15.8. The van der Waals surface area contributed by atoms with Gasteiger partial charge in [0, 0.05) is 23.5 Å². The maximum Gasteiger partial charge on any atom is 0.335 e. The van der Waals surface area contributed by atoms with E-state index < -0.39 is 17.8 Å². The Morgan fingerprint density at radius 2 is 1.81 bits per heavy atom. The number of nitrogens with one attached hydrogen (secondary N) is 1. The summed E-state index contributed by atoms with van der Waals surface area (Å²) < 4.78 is 1.94. The highest BCUT2D eigenvalue weighted by molar-refractivity contribution is 6.39. The fourth-order valence-corrected chi connectivity index (χ4v) is 3.65. The Labute approximate surface area is 184 Å². The van der Waals surface area contributed by atoms with Crippen molar-refractivity contribution in [3.63, 3.8) is 0 Å². The Morgan fingerprint density at radius 1 is 1.00 bits per heavy atom. The average Bonchev–Trinajstić information content (AvgIpc) is 3.14. The van der Waals surface area contributed by atoms with Crippen molar-refractivity contribution >= 4 is 41.2 Å². The van der Waals surface area contributed by atoms with Crippen molar-refractivity contribution in [3.05, 3.63) is 93.8 Å². The van der Waals surface area contributed by atoms with Crippen molar-refractivity contribution in [2.75, 3.05) is 4.90 Å². The van der Waals surface area contributed by atoms with Gasteiger partial charge in [-0.25, -0.2) is 9.69 Å². The zero-order valence-electron chi connectivity index (χ0n) is 17.1. The van der Waals surface area contributed by atoms with E-state index in [-0.39, 0.29) is 5.57 Å². The number of imide groups is 2. The summed E-state index contributed by atoms with van der Waals surface area (Å²) in [5.74, 6) is -1.43. The van der Waals surface area contributed by atoms with Crippen molar-refractivity contribution < 1.29 is 14.4 Å². The second-order valence-corrected chi connectivity index (χ2v) is 7.85. The lowest BCUT2D eigenvalue weighted by Crippen LogP contribution is -2.54. The number of aryl methyl sites for hydroxylation is 2. The molecule has 1 N–H and O–H groups in total. The predicted octanol–water partition coefficient (Wildman–Crippen LogP) is 4.47. The molecule has 0 atom stereocenters. The number of urea groups is 1. The summed E-state index contributed by atoms with van der Waals surface area (Å²) in [4.78, 5) is 38.9.